The predicted octanol–water partition coefficient (Wildman–Crippen LogP) is 2.61. The highest BCUT2D eigenvalue weighted by molar-refractivity contribution is 5.89. The van der Waals surface area contributed by atoms with E-state index in [1.54, 1.807) is 32.4 Å². The van der Waals surface area contributed by atoms with Crippen molar-refractivity contribution in [2.45, 2.75) is 24.4 Å². The first-order valence-corrected chi connectivity index (χ1v) is 9.95. The number of para-hydroxylation sites is 1. The maximum absolute atomic E-state index is 13.4. The monoisotopic (exact) mass is 415 g/mol. The molecule has 162 valence electrons. The van der Waals surface area contributed by atoms with E-state index in [0.717, 1.165) is 5.56 Å². The van der Waals surface area contributed by atoms with E-state index in [1.807, 2.05) is 24.3 Å². The molecule has 1 aliphatic rings. The van der Waals surface area contributed by atoms with Crippen LogP contribution in [0.1, 0.15) is 30.1 Å². The van der Waals surface area contributed by atoms with Gasteiger partial charge >= 0.3 is 0 Å². The largest absolute Gasteiger partial charge is 0.496 e. The SMILES string of the molecule is COc1ccc(C(O)CNC(=O)C2(c3ccccc3OC)CCOCC2)cc1OC. The molecule has 2 aromatic carbocycles. The second-order valence-electron chi connectivity index (χ2n) is 7.24. The molecule has 1 atom stereocenters. The molecule has 7 nitrogen and oxygen atoms in total. The molecule has 0 radical (unpaired) electrons. The number of ether oxygens (including phenoxy) is 4. The number of hydrogen-bond donors (Lipinski definition) is 2. The molecule has 0 aromatic heterocycles. The molecule has 3 rings (SSSR count). The predicted molar refractivity (Wildman–Crippen MR) is 112 cm³/mol. The number of methoxy groups -OCH3 is 3. The second kappa shape index (κ2) is 9.82. The average Bonchev–Trinajstić information content (AvgIpc) is 2.82. The van der Waals surface area contributed by atoms with E-state index < -0.39 is 11.5 Å². The molecule has 7 heteroatoms. The third-order valence-electron chi connectivity index (χ3n) is 5.65. The van der Waals surface area contributed by atoms with Crippen molar-refractivity contribution in [2.24, 2.45) is 0 Å². The van der Waals surface area contributed by atoms with Crippen molar-refractivity contribution in [2.75, 3.05) is 41.1 Å². The average molecular weight is 415 g/mol. The second-order valence-corrected chi connectivity index (χ2v) is 7.24. The standard InChI is InChI=1S/C23H29NO6/c1-27-19-7-5-4-6-17(19)23(10-12-30-13-11-23)22(26)24-15-18(25)16-8-9-20(28-2)21(14-16)29-3/h4-9,14,18,25H,10-13,15H2,1-3H3,(H,24,26). The van der Waals surface area contributed by atoms with E-state index in [2.05, 4.69) is 5.32 Å². The van der Waals surface area contributed by atoms with E-state index in [9.17, 15) is 9.90 Å². The van der Waals surface area contributed by atoms with Crippen LogP contribution in [0, 0.1) is 0 Å². The number of aliphatic hydroxyl groups is 1. The molecule has 0 spiro atoms. The molecule has 2 aromatic rings. The van der Waals surface area contributed by atoms with Crippen LogP contribution in [0.4, 0.5) is 0 Å². The van der Waals surface area contributed by atoms with Crippen LogP contribution in [0.25, 0.3) is 0 Å². The third-order valence-corrected chi connectivity index (χ3v) is 5.65. The highest BCUT2D eigenvalue weighted by Crippen LogP contribution is 2.40. The van der Waals surface area contributed by atoms with Crippen molar-refractivity contribution >= 4 is 5.91 Å². The van der Waals surface area contributed by atoms with Crippen molar-refractivity contribution < 1.29 is 28.8 Å². The van der Waals surface area contributed by atoms with Crippen molar-refractivity contribution in [3.8, 4) is 17.2 Å². The van der Waals surface area contributed by atoms with Gasteiger partial charge < -0.3 is 29.4 Å². The zero-order valence-electron chi connectivity index (χ0n) is 17.6. The van der Waals surface area contributed by atoms with Gasteiger partial charge in [0.2, 0.25) is 5.91 Å². The van der Waals surface area contributed by atoms with Crippen molar-refractivity contribution in [3.63, 3.8) is 0 Å². The Bertz CT molecular complexity index is 863. The van der Waals surface area contributed by atoms with Crippen LogP contribution in [-0.2, 0) is 14.9 Å². The van der Waals surface area contributed by atoms with Gasteiger partial charge in [0, 0.05) is 25.3 Å². The highest BCUT2D eigenvalue weighted by atomic mass is 16.5. The van der Waals surface area contributed by atoms with Gasteiger partial charge in [-0.05, 0) is 36.6 Å². The molecule has 0 saturated carbocycles. The Kier molecular flexibility index (Phi) is 7.18. The summed E-state index contributed by atoms with van der Waals surface area (Å²) in [5, 5.41) is 13.6. The Hall–Kier alpha value is -2.77. The fraction of sp³-hybridized carbons (Fsp3) is 0.435. The number of amides is 1. The molecule has 1 aliphatic heterocycles. The fourth-order valence-corrected chi connectivity index (χ4v) is 3.92. The number of benzene rings is 2. The Labute approximate surface area is 176 Å². The lowest BCUT2D eigenvalue weighted by Gasteiger charge is -2.37. The fourth-order valence-electron chi connectivity index (χ4n) is 3.92. The van der Waals surface area contributed by atoms with Gasteiger partial charge in [-0.25, -0.2) is 0 Å². The lowest BCUT2D eigenvalue weighted by molar-refractivity contribution is -0.131. The van der Waals surface area contributed by atoms with Crippen LogP contribution in [-0.4, -0.2) is 52.1 Å². The molecule has 0 aliphatic carbocycles. The normalized spacial score (nSPS) is 16.4. The van der Waals surface area contributed by atoms with Crippen LogP contribution in [0.15, 0.2) is 42.5 Å². The summed E-state index contributed by atoms with van der Waals surface area (Å²) in [4.78, 5) is 13.4. The summed E-state index contributed by atoms with van der Waals surface area (Å²) in [5.74, 6) is 1.63. The van der Waals surface area contributed by atoms with Gasteiger partial charge in [-0.2, -0.15) is 0 Å². The minimum Gasteiger partial charge on any atom is -0.496 e. The lowest BCUT2D eigenvalue weighted by Crippen LogP contribution is -2.49. The summed E-state index contributed by atoms with van der Waals surface area (Å²) in [6.07, 6.45) is 0.209. The third kappa shape index (κ3) is 4.37. The van der Waals surface area contributed by atoms with Gasteiger partial charge in [-0.15, -0.1) is 0 Å². The van der Waals surface area contributed by atoms with Crippen molar-refractivity contribution in [1.29, 1.82) is 0 Å². The van der Waals surface area contributed by atoms with E-state index in [4.69, 9.17) is 18.9 Å². The highest BCUT2D eigenvalue weighted by Gasteiger charge is 2.43. The topological polar surface area (TPSA) is 86.3 Å². The summed E-state index contributed by atoms with van der Waals surface area (Å²) in [6.45, 7) is 1.06. The van der Waals surface area contributed by atoms with Crippen molar-refractivity contribution in [1.82, 2.24) is 5.32 Å². The first-order chi connectivity index (χ1) is 14.6. The maximum atomic E-state index is 13.4. The number of hydrogen-bond acceptors (Lipinski definition) is 6. The van der Waals surface area contributed by atoms with E-state index >= 15 is 0 Å². The zero-order valence-corrected chi connectivity index (χ0v) is 17.6. The molecule has 0 bridgehead atoms. The zero-order chi connectivity index (χ0) is 21.6. The van der Waals surface area contributed by atoms with Gasteiger partial charge in [0.15, 0.2) is 11.5 Å². The van der Waals surface area contributed by atoms with Crippen LogP contribution >= 0.6 is 0 Å². The molecule has 1 fully saturated rings. The van der Waals surface area contributed by atoms with Crippen LogP contribution in [0.5, 0.6) is 17.2 Å². The van der Waals surface area contributed by atoms with Crippen LogP contribution < -0.4 is 19.5 Å². The summed E-state index contributed by atoms with van der Waals surface area (Å²) in [6, 6.07) is 12.8. The molecule has 1 saturated heterocycles. The molecule has 1 heterocycles. The van der Waals surface area contributed by atoms with Gasteiger partial charge in [-0.1, -0.05) is 24.3 Å². The number of carbonyl (C=O) groups is 1. The first-order valence-electron chi connectivity index (χ1n) is 9.95. The molecule has 30 heavy (non-hydrogen) atoms. The Morgan fingerprint density at radius 2 is 1.70 bits per heavy atom. The smallest absolute Gasteiger partial charge is 0.231 e. The van der Waals surface area contributed by atoms with Gasteiger partial charge in [-0.3, -0.25) is 4.79 Å². The Morgan fingerprint density at radius 3 is 2.37 bits per heavy atom. The Balaban J connectivity index is 1.78. The van der Waals surface area contributed by atoms with Gasteiger partial charge in [0.25, 0.3) is 0 Å². The summed E-state index contributed by atoms with van der Waals surface area (Å²) < 4.78 is 21.6. The van der Waals surface area contributed by atoms with E-state index in [0.29, 0.717) is 48.9 Å². The molecule has 2 N–H and O–H groups in total. The number of rotatable bonds is 8. The summed E-state index contributed by atoms with van der Waals surface area (Å²) >= 11 is 0. The van der Waals surface area contributed by atoms with Crippen molar-refractivity contribution in [3.05, 3.63) is 53.6 Å². The lowest BCUT2D eigenvalue weighted by atomic mass is 9.73. The van der Waals surface area contributed by atoms with Crippen LogP contribution in [0.2, 0.25) is 0 Å². The Morgan fingerprint density at radius 1 is 1.03 bits per heavy atom. The molecular formula is C23H29NO6. The number of carbonyl (C=O) groups excluding carboxylic acids is 1. The maximum Gasteiger partial charge on any atom is 0.231 e. The van der Waals surface area contributed by atoms with Gasteiger partial charge in [0.05, 0.1) is 32.8 Å². The summed E-state index contributed by atoms with van der Waals surface area (Å²) in [5.41, 5.74) is 0.711. The van der Waals surface area contributed by atoms with Crippen LogP contribution in [0.3, 0.4) is 0 Å². The van der Waals surface area contributed by atoms with E-state index in [-0.39, 0.29) is 12.5 Å². The quantitative estimate of drug-likeness (QED) is 0.689. The first kappa shape index (κ1) is 21.9. The minimum absolute atomic E-state index is 0.0755. The summed E-state index contributed by atoms with van der Waals surface area (Å²) in [7, 11) is 4.70. The number of aliphatic hydroxyl groups excluding tert-OH is 1. The van der Waals surface area contributed by atoms with Gasteiger partial charge in [0.1, 0.15) is 5.75 Å². The molecule has 1 amide bonds. The minimum atomic E-state index is -0.886. The molecular weight excluding hydrogens is 386 g/mol. The van der Waals surface area contributed by atoms with E-state index in [1.165, 1.54) is 7.11 Å². The molecule has 1 unspecified atom stereocenters. The number of nitrogens with one attached hydrogen (secondary N) is 1.